The predicted octanol–water partition coefficient (Wildman–Crippen LogP) is 3.45. The van der Waals surface area contributed by atoms with Gasteiger partial charge in [0.1, 0.15) is 0 Å². The molecule has 1 aromatic carbocycles. The molecule has 0 spiro atoms. The number of hydrogen-bond acceptors (Lipinski definition) is 3. The molecule has 16 heavy (non-hydrogen) atoms. The van der Waals surface area contributed by atoms with Gasteiger partial charge in [0.15, 0.2) is 6.07 Å². The van der Waals surface area contributed by atoms with Crippen LogP contribution >= 0.6 is 15.9 Å². The first kappa shape index (κ1) is 12.3. The second-order valence-electron chi connectivity index (χ2n) is 2.80. The molecule has 4 heteroatoms. The van der Waals surface area contributed by atoms with Gasteiger partial charge >= 0.3 is 5.79 Å². The molecule has 0 N–H and O–H groups in total. The standard InChI is InChI=1S/C12H10BrNO2/c1-3-15-12(9-14,16-4-2)10-5-7-11(13)8-6-10/h3-8H,1-2H2. The molecule has 1 aromatic rings. The van der Waals surface area contributed by atoms with Crippen molar-refractivity contribution in [3.8, 4) is 6.07 Å². The molecule has 0 saturated heterocycles. The van der Waals surface area contributed by atoms with Crippen molar-refractivity contribution in [2.24, 2.45) is 0 Å². The molecule has 0 aliphatic rings. The van der Waals surface area contributed by atoms with E-state index in [2.05, 4.69) is 29.1 Å². The summed E-state index contributed by atoms with van der Waals surface area (Å²) in [6.07, 6.45) is 2.32. The molecule has 0 aromatic heterocycles. The minimum absolute atomic E-state index is 0.568. The lowest BCUT2D eigenvalue weighted by atomic mass is 10.1. The molecule has 1 rings (SSSR count). The lowest BCUT2D eigenvalue weighted by Crippen LogP contribution is -2.27. The van der Waals surface area contributed by atoms with Crippen molar-refractivity contribution in [2.75, 3.05) is 0 Å². The van der Waals surface area contributed by atoms with Crippen LogP contribution in [-0.2, 0) is 15.3 Å². The number of benzene rings is 1. The Morgan fingerprint density at radius 3 is 2.06 bits per heavy atom. The number of halogens is 1. The molecule has 0 atom stereocenters. The Hall–Kier alpha value is -1.73. The lowest BCUT2D eigenvalue weighted by molar-refractivity contribution is -0.133. The Morgan fingerprint density at radius 2 is 1.69 bits per heavy atom. The van der Waals surface area contributed by atoms with E-state index in [0.29, 0.717) is 5.56 Å². The van der Waals surface area contributed by atoms with Crippen molar-refractivity contribution in [3.05, 3.63) is 60.0 Å². The van der Waals surface area contributed by atoms with E-state index in [4.69, 9.17) is 14.7 Å². The first-order valence-corrected chi connectivity index (χ1v) is 5.22. The third-order valence-electron chi connectivity index (χ3n) is 1.87. The summed E-state index contributed by atoms with van der Waals surface area (Å²) in [5, 5.41) is 9.15. The second kappa shape index (κ2) is 5.38. The maximum Gasteiger partial charge on any atom is 0.369 e. The van der Waals surface area contributed by atoms with Crippen LogP contribution in [0.2, 0.25) is 0 Å². The van der Waals surface area contributed by atoms with Crippen LogP contribution in [0.1, 0.15) is 5.56 Å². The van der Waals surface area contributed by atoms with Gasteiger partial charge in [-0.15, -0.1) is 0 Å². The van der Waals surface area contributed by atoms with Crippen molar-refractivity contribution in [1.82, 2.24) is 0 Å². The zero-order chi connectivity index (χ0) is 12.0. The molecule has 3 nitrogen and oxygen atoms in total. The van der Waals surface area contributed by atoms with Gasteiger partial charge in [0, 0.05) is 4.47 Å². The van der Waals surface area contributed by atoms with E-state index in [0.717, 1.165) is 17.0 Å². The van der Waals surface area contributed by atoms with Crippen LogP contribution in [0.4, 0.5) is 0 Å². The molecule has 0 radical (unpaired) electrons. The predicted molar refractivity (Wildman–Crippen MR) is 64.0 cm³/mol. The fourth-order valence-corrected chi connectivity index (χ4v) is 1.45. The van der Waals surface area contributed by atoms with E-state index < -0.39 is 5.79 Å². The van der Waals surface area contributed by atoms with Crippen molar-refractivity contribution in [1.29, 1.82) is 5.26 Å². The van der Waals surface area contributed by atoms with E-state index in [1.807, 2.05) is 6.07 Å². The Bertz CT molecular complexity index is 410. The van der Waals surface area contributed by atoms with Crippen molar-refractivity contribution < 1.29 is 9.47 Å². The van der Waals surface area contributed by atoms with E-state index in [9.17, 15) is 0 Å². The van der Waals surface area contributed by atoms with Crippen LogP contribution in [-0.4, -0.2) is 0 Å². The number of rotatable bonds is 5. The number of nitrogens with zero attached hydrogens (tertiary/aromatic N) is 1. The highest BCUT2D eigenvalue weighted by molar-refractivity contribution is 9.10. The van der Waals surface area contributed by atoms with Crippen LogP contribution < -0.4 is 0 Å². The number of nitriles is 1. The van der Waals surface area contributed by atoms with Gasteiger partial charge < -0.3 is 9.47 Å². The van der Waals surface area contributed by atoms with Gasteiger partial charge in [-0.25, -0.2) is 0 Å². The van der Waals surface area contributed by atoms with E-state index >= 15 is 0 Å². The average Bonchev–Trinajstić information content (AvgIpc) is 2.29. The summed E-state index contributed by atoms with van der Waals surface area (Å²) < 4.78 is 11.2. The van der Waals surface area contributed by atoms with Gasteiger partial charge in [0.25, 0.3) is 0 Å². The Labute approximate surface area is 103 Å². The summed E-state index contributed by atoms with van der Waals surface area (Å²) >= 11 is 3.31. The Morgan fingerprint density at radius 1 is 1.19 bits per heavy atom. The van der Waals surface area contributed by atoms with Crippen LogP contribution in [0.3, 0.4) is 0 Å². The first-order valence-electron chi connectivity index (χ1n) is 4.43. The minimum atomic E-state index is -1.52. The molecule has 0 bridgehead atoms. The zero-order valence-electron chi connectivity index (χ0n) is 8.52. The Kier molecular flexibility index (Phi) is 4.15. The third kappa shape index (κ3) is 2.44. The zero-order valence-corrected chi connectivity index (χ0v) is 10.1. The summed E-state index contributed by atoms with van der Waals surface area (Å²) in [6, 6.07) is 8.98. The largest absolute Gasteiger partial charge is 0.445 e. The quantitative estimate of drug-likeness (QED) is 0.612. The fraction of sp³-hybridized carbons (Fsp3) is 0.0833. The SMILES string of the molecule is C=COC(C#N)(OC=C)c1ccc(Br)cc1. The van der Waals surface area contributed by atoms with Gasteiger partial charge in [-0.05, 0) is 24.3 Å². The summed E-state index contributed by atoms with van der Waals surface area (Å²) in [5.74, 6) is -1.52. The van der Waals surface area contributed by atoms with Crippen LogP contribution in [0.5, 0.6) is 0 Å². The van der Waals surface area contributed by atoms with E-state index in [1.54, 1.807) is 24.3 Å². The maximum atomic E-state index is 9.15. The molecule has 82 valence electrons. The monoisotopic (exact) mass is 279 g/mol. The molecule has 0 aliphatic heterocycles. The summed E-state index contributed by atoms with van der Waals surface area (Å²) in [7, 11) is 0. The lowest BCUT2D eigenvalue weighted by Gasteiger charge is -2.24. The highest BCUT2D eigenvalue weighted by atomic mass is 79.9. The van der Waals surface area contributed by atoms with Crippen LogP contribution in [0.25, 0.3) is 0 Å². The van der Waals surface area contributed by atoms with Crippen molar-refractivity contribution in [2.45, 2.75) is 5.79 Å². The molecular weight excluding hydrogens is 270 g/mol. The summed E-state index contributed by atoms with van der Waals surface area (Å²) in [4.78, 5) is 0. The highest BCUT2D eigenvalue weighted by Crippen LogP contribution is 2.28. The average molecular weight is 280 g/mol. The summed E-state index contributed by atoms with van der Waals surface area (Å²) in [5.41, 5.74) is 0.568. The molecule has 0 saturated carbocycles. The number of hydrogen-bond donors (Lipinski definition) is 0. The Balaban J connectivity index is 3.18. The van der Waals surface area contributed by atoms with Gasteiger partial charge in [0.2, 0.25) is 0 Å². The van der Waals surface area contributed by atoms with Crippen molar-refractivity contribution in [3.63, 3.8) is 0 Å². The van der Waals surface area contributed by atoms with E-state index in [-0.39, 0.29) is 0 Å². The van der Waals surface area contributed by atoms with Crippen LogP contribution in [0.15, 0.2) is 54.4 Å². The first-order chi connectivity index (χ1) is 7.68. The van der Waals surface area contributed by atoms with Gasteiger partial charge in [-0.2, -0.15) is 5.26 Å². The minimum Gasteiger partial charge on any atom is -0.445 e. The molecule has 0 amide bonds. The van der Waals surface area contributed by atoms with E-state index in [1.165, 1.54) is 0 Å². The maximum absolute atomic E-state index is 9.15. The molecule has 0 aliphatic carbocycles. The topological polar surface area (TPSA) is 42.2 Å². The third-order valence-corrected chi connectivity index (χ3v) is 2.40. The summed E-state index contributed by atoms with van der Waals surface area (Å²) in [6.45, 7) is 6.84. The van der Waals surface area contributed by atoms with Crippen molar-refractivity contribution >= 4 is 15.9 Å². The number of ether oxygens (including phenoxy) is 2. The molecule has 0 heterocycles. The molecular formula is C12H10BrNO2. The van der Waals surface area contributed by atoms with Gasteiger partial charge in [-0.3, -0.25) is 0 Å². The smallest absolute Gasteiger partial charge is 0.369 e. The normalized spacial score (nSPS) is 10.0. The second-order valence-corrected chi connectivity index (χ2v) is 3.72. The molecule has 0 unspecified atom stereocenters. The highest BCUT2D eigenvalue weighted by Gasteiger charge is 2.35. The molecule has 0 fully saturated rings. The van der Waals surface area contributed by atoms with Crippen LogP contribution in [0, 0.1) is 11.3 Å². The van der Waals surface area contributed by atoms with Gasteiger partial charge in [0.05, 0.1) is 18.1 Å². The van der Waals surface area contributed by atoms with Gasteiger partial charge in [-0.1, -0.05) is 29.1 Å². The fourth-order valence-electron chi connectivity index (χ4n) is 1.19.